The Morgan fingerprint density at radius 1 is 1.12 bits per heavy atom. The van der Waals surface area contributed by atoms with E-state index in [-0.39, 0.29) is 5.91 Å². The van der Waals surface area contributed by atoms with Crippen LogP contribution in [0.1, 0.15) is 43.2 Å². The van der Waals surface area contributed by atoms with Crippen molar-refractivity contribution in [2.45, 2.75) is 38.5 Å². The summed E-state index contributed by atoms with van der Waals surface area (Å²) in [6.45, 7) is 2.13. The van der Waals surface area contributed by atoms with Crippen molar-refractivity contribution >= 4 is 11.6 Å². The molecule has 2 aromatic rings. The van der Waals surface area contributed by atoms with Crippen LogP contribution in [0.2, 0.25) is 0 Å². The molecule has 0 aliphatic heterocycles. The standard InChI is InChI=1S/C22H25NO/c1-2-17-12-14-20(15-13-17)23-22(24)11-7-6-10-19-16-21(19)18-8-4-3-5-9-18/h3-6,8-10,12-15,19,21H,2,7,11,16H2,1H3,(H,23,24)/b10-6+. The van der Waals surface area contributed by atoms with Gasteiger partial charge in [-0.25, -0.2) is 0 Å². The summed E-state index contributed by atoms with van der Waals surface area (Å²) in [6.07, 6.45) is 8.03. The molecule has 1 fully saturated rings. The Morgan fingerprint density at radius 2 is 1.88 bits per heavy atom. The fourth-order valence-electron chi connectivity index (χ4n) is 3.04. The lowest BCUT2D eigenvalue weighted by Gasteiger charge is -2.05. The van der Waals surface area contributed by atoms with Crippen LogP contribution in [-0.2, 0) is 11.2 Å². The van der Waals surface area contributed by atoms with Gasteiger partial charge in [-0.1, -0.05) is 61.5 Å². The highest BCUT2D eigenvalue weighted by molar-refractivity contribution is 5.90. The van der Waals surface area contributed by atoms with E-state index in [0.717, 1.165) is 18.5 Å². The lowest BCUT2D eigenvalue weighted by atomic mass is 10.1. The number of carbonyl (C=O) groups is 1. The Balaban J connectivity index is 1.38. The molecule has 0 heterocycles. The minimum atomic E-state index is 0.0827. The third kappa shape index (κ3) is 4.58. The van der Waals surface area contributed by atoms with Crippen LogP contribution in [-0.4, -0.2) is 5.91 Å². The summed E-state index contributed by atoms with van der Waals surface area (Å²) in [5.74, 6) is 1.41. The zero-order valence-electron chi connectivity index (χ0n) is 14.2. The van der Waals surface area contributed by atoms with Crippen molar-refractivity contribution in [2.75, 3.05) is 5.32 Å². The first-order chi connectivity index (χ1) is 11.8. The monoisotopic (exact) mass is 319 g/mol. The molecule has 0 spiro atoms. The van der Waals surface area contributed by atoms with E-state index in [1.54, 1.807) is 0 Å². The number of hydrogen-bond donors (Lipinski definition) is 1. The van der Waals surface area contributed by atoms with Crippen molar-refractivity contribution in [3.63, 3.8) is 0 Å². The molecular formula is C22H25NO. The summed E-state index contributed by atoms with van der Waals surface area (Å²) >= 11 is 0. The number of hydrogen-bond acceptors (Lipinski definition) is 1. The minimum absolute atomic E-state index is 0.0827. The van der Waals surface area contributed by atoms with Gasteiger partial charge in [0.2, 0.25) is 5.91 Å². The van der Waals surface area contributed by atoms with E-state index in [0.29, 0.717) is 18.3 Å². The molecule has 124 valence electrons. The number of nitrogens with one attached hydrogen (secondary N) is 1. The summed E-state index contributed by atoms with van der Waals surface area (Å²) in [5.41, 5.74) is 3.60. The molecule has 24 heavy (non-hydrogen) atoms. The number of aryl methyl sites for hydroxylation is 1. The molecule has 2 atom stereocenters. The van der Waals surface area contributed by atoms with Crippen molar-refractivity contribution in [3.8, 4) is 0 Å². The van der Waals surface area contributed by atoms with Gasteiger partial charge in [0.25, 0.3) is 0 Å². The topological polar surface area (TPSA) is 29.1 Å². The molecule has 0 radical (unpaired) electrons. The Kier molecular flexibility index (Phi) is 5.47. The molecule has 0 aromatic heterocycles. The van der Waals surface area contributed by atoms with Crippen LogP contribution in [0.25, 0.3) is 0 Å². The number of anilines is 1. The molecule has 1 aliphatic rings. The number of amides is 1. The summed E-state index contributed by atoms with van der Waals surface area (Å²) < 4.78 is 0. The number of allylic oxidation sites excluding steroid dienone is 2. The van der Waals surface area contributed by atoms with Crippen LogP contribution in [0.5, 0.6) is 0 Å². The molecule has 1 saturated carbocycles. The van der Waals surface area contributed by atoms with Gasteiger partial charge in [-0.3, -0.25) is 4.79 Å². The van der Waals surface area contributed by atoms with Gasteiger partial charge in [-0.15, -0.1) is 0 Å². The molecule has 2 aromatic carbocycles. The third-order valence-corrected chi connectivity index (χ3v) is 4.63. The molecule has 2 heteroatoms. The predicted octanol–water partition coefficient (Wildman–Crippen LogP) is 5.33. The first-order valence-corrected chi connectivity index (χ1v) is 8.86. The minimum Gasteiger partial charge on any atom is -0.326 e. The van der Waals surface area contributed by atoms with Crippen molar-refractivity contribution in [1.29, 1.82) is 0 Å². The van der Waals surface area contributed by atoms with Crippen LogP contribution in [0.4, 0.5) is 5.69 Å². The summed E-state index contributed by atoms with van der Waals surface area (Å²) in [5, 5.41) is 2.96. The summed E-state index contributed by atoms with van der Waals surface area (Å²) in [6, 6.07) is 18.7. The van der Waals surface area contributed by atoms with E-state index >= 15 is 0 Å². The van der Waals surface area contributed by atoms with Gasteiger partial charge in [0.15, 0.2) is 0 Å². The smallest absolute Gasteiger partial charge is 0.224 e. The number of carbonyl (C=O) groups excluding carboxylic acids is 1. The van der Waals surface area contributed by atoms with E-state index in [1.165, 1.54) is 17.5 Å². The number of benzene rings is 2. The largest absolute Gasteiger partial charge is 0.326 e. The second-order valence-electron chi connectivity index (χ2n) is 6.48. The van der Waals surface area contributed by atoms with E-state index in [1.807, 2.05) is 12.1 Å². The SMILES string of the molecule is CCc1ccc(NC(=O)CC/C=C/C2CC2c2ccccc2)cc1. The highest BCUT2D eigenvalue weighted by Gasteiger charge is 2.35. The van der Waals surface area contributed by atoms with Gasteiger partial charge < -0.3 is 5.32 Å². The molecule has 2 unspecified atom stereocenters. The molecule has 1 N–H and O–H groups in total. The maximum Gasteiger partial charge on any atom is 0.224 e. The summed E-state index contributed by atoms with van der Waals surface area (Å²) in [4.78, 5) is 12.0. The lowest BCUT2D eigenvalue weighted by Crippen LogP contribution is -2.10. The van der Waals surface area contributed by atoms with Crippen LogP contribution < -0.4 is 5.32 Å². The Labute approximate surface area is 144 Å². The lowest BCUT2D eigenvalue weighted by molar-refractivity contribution is -0.116. The molecular weight excluding hydrogens is 294 g/mol. The normalized spacial score (nSPS) is 19.4. The molecule has 0 bridgehead atoms. The van der Waals surface area contributed by atoms with Crippen LogP contribution in [0.3, 0.4) is 0 Å². The van der Waals surface area contributed by atoms with E-state index in [4.69, 9.17) is 0 Å². The second kappa shape index (κ2) is 7.96. The Bertz CT molecular complexity index is 688. The van der Waals surface area contributed by atoms with Gasteiger partial charge in [0, 0.05) is 12.1 Å². The van der Waals surface area contributed by atoms with Gasteiger partial charge in [0.1, 0.15) is 0 Å². The average Bonchev–Trinajstić information content (AvgIpc) is 3.40. The van der Waals surface area contributed by atoms with Gasteiger partial charge in [-0.2, -0.15) is 0 Å². The molecule has 0 saturated heterocycles. The van der Waals surface area contributed by atoms with Gasteiger partial charge in [-0.05, 0) is 54.4 Å². The van der Waals surface area contributed by atoms with Crippen LogP contribution in [0.15, 0.2) is 66.7 Å². The maximum absolute atomic E-state index is 12.0. The fourth-order valence-corrected chi connectivity index (χ4v) is 3.04. The van der Waals surface area contributed by atoms with Crippen LogP contribution in [0, 0.1) is 5.92 Å². The first-order valence-electron chi connectivity index (χ1n) is 8.86. The first kappa shape index (κ1) is 16.5. The van der Waals surface area contributed by atoms with E-state index in [9.17, 15) is 4.79 Å². The van der Waals surface area contributed by atoms with E-state index < -0.39 is 0 Å². The molecule has 1 amide bonds. The van der Waals surface area contributed by atoms with E-state index in [2.05, 4.69) is 66.9 Å². The third-order valence-electron chi connectivity index (χ3n) is 4.63. The zero-order valence-corrected chi connectivity index (χ0v) is 14.2. The highest BCUT2D eigenvalue weighted by Crippen LogP contribution is 2.48. The van der Waals surface area contributed by atoms with Gasteiger partial charge >= 0.3 is 0 Å². The fraction of sp³-hybridized carbons (Fsp3) is 0.318. The highest BCUT2D eigenvalue weighted by atomic mass is 16.1. The van der Waals surface area contributed by atoms with Crippen LogP contribution >= 0.6 is 0 Å². The predicted molar refractivity (Wildman–Crippen MR) is 100 cm³/mol. The zero-order chi connectivity index (χ0) is 16.8. The second-order valence-corrected chi connectivity index (χ2v) is 6.48. The van der Waals surface area contributed by atoms with Gasteiger partial charge in [0.05, 0.1) is 0 Å². The van der Waals surface area contributed by atoms with Crippen molar-refractivity contribution < 1.29 is 4.79 Å². The maximum atomic E-state index is 12.0. The molecule has 3 rings (SSSR count). The molecule has 1 aliphatic carbocycles. The average molecular weight is 319 g/mol. The Hall–Kier alpha value is -2.35. The van der Waals surface area contributed by atoms with Crippen molar-refractivity contribution in [2.24, 2.45) is 5.92 Å². The quantitative estimate of drug-likeness (QED) is 0.687. The number of rotatable bonds is 7. The Morgan fingerprint density at radius 3 is 2.58 bits per heavy atom. The summed E-state index contributed by atoms with van der Waals surface area (Å²) in [7, 11) is 0. The van der Waals surface area contributed by atoms with Crippen molar-refractivity contribution in [3.05, 3.63) is 77.9 Å². The van der Waals surface area contributed by atoms with Crippen molar-refractivity contribution in [1.82, 2.24) is 0 Å². The molecule has 2 nitrogen and oxygen atoms in total.